The number of nitro groups is 1. The SMILES string of the molecule is O=[N+]([O-])c1cc(C(F)(F)F)cc(C2(O)CC2)c1. The summed E-state index contributed by atoms with van der Waals surface area (Å²) in [6.45, 7) is 0. The highest BCUT2D eigenvalue weighted by Crippen LogP contribution is 2.47. The molecule has 1 aliphatic rings. The highest BCUT2D eigenvalue weighted by Gasteiger charge is 2.44. The van der Waals surface area contributed by atoms with Crippen LogP contribution in [-0.2, 0) is 11.8 Å². The minimum Gasteiger partial charge on any atom is -0.385 e. The van der Waals surface area contributed by atoms with E-state index in [1.54, 1.807) is 0 Å². The molecule has 0 aromatic heterocycles. The Morgan fingerprint density at radius 3 is 2.29 bits per heavy atom. The number of rotatable bonds is 2. The average Bonchev–Trinajstić information content (AvgIpc) is 2.96. The van der Waals surface area contributed by atoms with Gasteiger partial charge >= 0.3 is 6.18 Å². The van der Waals surface area contributed by atoms with Crippen LogP contribution in [0.4, 0.5) is 18.9 Å². The van der Waals surface area contributed by atoms with E-state index in [-0.39, 0.29) is 5.56 Å². The first-order valence-corrected chi connectivity index (χ1v) is 4.82. The van der Waals surface area contributed by atoms with Crippen molar-refractivity contribution in [3.05, 3.63) is 39.4 Å². The minimum absolute atomic E-state index is 0.0426. The predicted molar refractivity (Wildman–Crippen MR) is 51.2 cm³/mol. The van der Waals surface area contributed by atoms with Gasteiger partial charge in [0.2, 0.25) is 0 Å². The van der Waals surface area contributed by atoms with E-state index >= 15 is 0 Å². The summed E-state index contributed by atoms with van der Waals surface area (Å²) in [5.41, 5.74) is -3.14. The van der Waals surface area contributed by atoms with E-state index in [9.17, 15) is 28.4 Å². The summed E-state index contributed by atoms with van der Waals surface area (Å²) < 4.78 is 37.5. The summed E-state index contributed by atoms with van der Waals surface area (Å²) in [5, 5.41) is 20.2. The van der Waals surface area contributed by atoms with Crippen molar-refractivity contribution >= 4 is 5.69 Å². The predicted octanol–water partition coefficient (Wildman–Crippen LogP) is 2.60. The molecule has 92 valence electrons. The number of non-ortho nitro benzene ring substituents is 1. The second-order valence-corrected chi connectivity index (χ2v) is 4.06. The lowest BCUT2D eigenvalue weighted by Crippen LogP contribution is -2.11. The molecule has 4 nitrogen and oxygen atoms in total. The first kappa shape index (κ1) is 11.8. The first-order valence-electron chi connectivity index (χ1n) is 4.82. The Kier molecular flexibility index (Phi) is 2.39. The molecule has 0 bridgehead atoms. The van der Waals surface area contributed by atoms with E-state index in [2.05, 4.69) is 0 Å². The molecule has 1 aromatic rings. The van der Waals surface area contributed by atoms with Gasteiger partial charge < -0.3 is 5.11 Å². The molecule has 1 aromatic carbocycles. The molecule has 0 amide bonds. The van der Waals surface area contributed by atoms with Gasteiger partial charge in [-0.05, 0) is 24.5 Å². The van der Waals surface area contributed by atoms with Gasteiger partial charge in [0.15, 0.2) is 0 Å². The molecule has 0 unspecified atom stereocenters. The molecule has 2 rings (SSSR count). The van der Waals surface area contributed by atoms with E-state index in [4.69, 9.17) is 0 Å². The standard InChI is InChI=1S/C10H8F3NO3/c11-10(12,13)7-3-6(9(15)1-2-9)4-8(5-7)14(16)17/h3-5,15H,1-2H2. The summed E-state index contributed by atoms with van der Waals surface area (Å²) in [7, 11) is 0. The number of alkyl halides is 3. The van der Waals surface area contributed by atoms with Crippen molar-refractivity contribution in [2.45, 2.75) is 24.6 Å². The zero-order valence-electron chi connectivity index (χ0n) is 8.49. The van der Waals surface area contributed by atoms with Gasteiger partial charge in [-0.2, -0.15) is 13.2 Å². The monoisotopic (exact) mass is 247 g/mol. The maximum Gasteiger partial charge on any atom is 0.416 e. The van der Waals surface area contributed by atoms with Crippen molar-refractivity contribution in [2.24, 2.45) is 0 Å². The zero-order valence-corrected chi connectivity index (χ0v) is 8.49. The van der Waals surface area contributed by atoms with Crippen LogP contribution in [0.15, 0.2) is 18.2 Å². The van der Waals surface area contributed by atoms with Gasteiger partial charge in [0.05, 0.1) is 16.1 Å². The number of hydrogen-bond donors (Lipinski definition) is 1. The quantitative estimate of drug-likeness (QED) is 0.645. The molecular weight excluding hydrogens is 239 g/mol. The average molecular weight is 247 g/mol. The Bertz CT molecular complexity index is 457. The lowest BCUT2D eigenvalue weighted by Gasteiger charge is -2.12. The lowest BCUT2D eigenvalue weighted by atomic mass is 10.0. The molecule has 1 fully saturated rings. The number of nitro benzene ring substituents is 1. The van der Waals surface area contributed by atoms with Crippen LogP contribution in [0, 0.1) is 10.1 Å². The summed E-state index contributed by atoms with van der Waals surface area (Å²) in [4.78, 5) is 9.64. The van der Waals surface area contributed by atoms with Crippen LogP contribution in [0.1, 0.15) is 24.0 Å². The Morgan fingerprint density at radius 1 is 1.29 bits per heavy atom. The van der Waals surface area contributed by atoms with Crippen molar-refractivity contribution in [3.63, 3.8) is 0 Å². The lowest BCUT2D eigenvalue weighted by molar-refractivity contribution is -0.385. The molecule has 1 saturated carbocycles. The molecule has 17 heavy (non-hydrogen) atoms. The number of nitrogens with zero attached hydrogens (tertiary/aromatic N) is 1. The maximum absolute atomic E-state index is 12.5. The second kappa shape index (κ2) is 3.43. The normalized spacial score (nSPS) is 17.9. The topological polar surface area (TPSA) is 63.4 Å². The van der Waals surface area contributed by atoms with E-state index in [0.29, 0.717) is 18.9 Å². The summed E-state index contributed by atoms with van der Waals surface area (Å²) in [6, 6.07) is 2.22. The van der Waals surface area contributed by atoms with Crippen molar-refractivity contribution in [3.8, 4) is 0 Å². The van der Waals surface area contributed by atoms with Crippen LogP contribution in [0.5, 0.6) is 0 Å². The van der Waals surface area contributed by atoms with Crippen LogP contribution < -0.4 is 0 Å². The van der Waals surface area contributed by atoms with Crippen molar-refractivity contribution < 1.29 is 23.2 Å². The van der Waals surface area contributed by atoms with Crippen LogP contribution in [0.2, 0.25) is 0 Å². The molecule has 0 spiro atoms. The second-order valence-electron chi connectivity index (χ2n) is 4.06. The maximum atomic E-state index is 12.5. The Morgan fingerprint density at radius 2 is 1.88 bits per heavy atom. The number of halogens is 3. The fourth-order valence-electron chi connectivity index (χ4n) is 1.56. The summed E-state index contributed by atoms with van der Waals surface area (Å²) in [6.07, 6.45) is -4.01. The fourth-order valence-corrected chi connectivity index (χ4v) is 1.56. The van der Waals surface area contributed by atoms with Gasteiger partial charge in [0, 0.05) is 12.1 Å². The highest BCUT2D eigenvalue weighted by molar-refractivity contribution is 5.44. The summed E-state index contributed by atoms with van der Waals surface area (Å²) >= 11 is 0. The smallest absolute Gasteiger partial charge is 0.385 e. The molecule has 1 aliphatic carbocycles. The van der Waals surface area contributed by atoms with Crippen LogP contribution >= 0.6 is 0 Å². The molecule has 0 atom stereocenters. The number of hydrogen-bond acceptors (Lipinski definition) is 3. The minimum atomic E-state index is -4.66. The largest absolute Gasteiger partial charge is 0.416 e. The Labute approximate surface area is 93.8 Å². The third-order valence-electron chi connectivity index (χ3n) is 2.72. The van der Waals surface area contributed by atoms with Gasteiger partial charge in [-0.3, -0.25) is 10.1 Å². The van der Waals surface area contributed by atoms with Crippen molar-refractivity contribution in [1.29, 1.82) is 0 Å². The molecule has 7 heteroatoms. The fraction of sp³-hybridized carbons (Fsp3) is 0.400. The zero-order chi connectivity index (χ0) is 12.8. The van der Waals surface area contributed by atoms with Gasteiger partial charge in [-0.25, -0.2) is 0 Å². The number of benzene rings is 1. The van der Waals surface area contributed by atoms with Gasteiger partial charge in [-0.15, -0.1) is 0 Å². The van der Waals surface area contributed by atoms with Gasteiger partial charge in [0.1, 0.15) is 0 Å². The highest BCUT2D eigenvalue weighted by atomic mass is 19.4. The van der Waals surface area contributed by atoms with Crippen molar-refractivity contribution in [1.82, 2.24) is 0 Å². The Balaban J connectivity index is 2.54. The van der Waals surface area contributed by atoms with E-state index < -0.39 is 28.0 Å². The van der Waals surface area contributed by atoms with Crippen LogP contribution in [0.3, 0.4) is 0 Å². The van der Waals surface area contributed by atoms with E-state index in [1.807, 2.05) is 0 Å². The molecular formula is C10H8F3NO3. The number of aliphatic hydroxyl groups is 1. The molecule has 0 aliphatic heterocycles. The van der Waals surface area contributed by atoms with Gasteiger partial charge in [-0.1, -0.05) is 0 Å². The summed E-state index contributed by atoms with van der Waals surface area (Å²) in [5.74, 6) is 0. The first-order chi connectivity index (χ1) is 7.72. The third-order valence-corrected chi connectivity index (χ3v) is 2.72. The van der Waals surface area contributed by atoms with E-state index in [0.717, 1.165) is 12.1 Å². The molecule has 0 saturated heterocycles. The molecule has 1 N–H and O–H groups in total. The van der Waals surface area contributed by atoms with Crippen molar-refractivity contribution in [2.75, 3.05) is 0 Å². The van der Waals surface area contributed by atoms with Crippen LogP contribution in [-0.4, -0.2) is 10.0 Å². The Hall–Kier alpha value is -1.63. The molecule has 0 radical (unpaired) electrons. The van der Waals surface area contributed by atoms with Gasteiger partial charge in [0.25, 0.3) is 5.69 Å². The third kappa shape index (κ3) is 2.23. The van der Waals surface area contributed by atoms with E-state index in [1.165, 1.54) is 0 Å². The molecule has 0 heterocycles. The van der Waals surface area contributed by atoms with Crippen LogP contribution in [0.25, 0.3) is 0 Å².